The monoisotopic (exact) mass is 385 g/mol. The minimum Gasteiger partial charge on any atom is -0.469 e. The van der Waals surface area contributed by atoms with Crippen LogP contribution in [0.3, 0.4) is 0 Å². The Morgan fingerprint density at radius 3 is 2.21 bits per heavy atom. The summed E-state index contributed by atoms with van der Waals surface area (Å²) < 4.78 is 18.0. The van der Waals surface area contributed by atoms with Crippen molar-refractivity contribution in [1.82, 2.24) is 4.90 Å². The second kappa shape index (κ2) is 9.92. The zero-order valence-corrected chi connectivity index (χ0v) is 16.4. The predicted octanol–water partition coefficient (Wildman–Crippen LogP) is 2.86. The van der Waals surface area contributed by atoms with Crippen molar-refractivity contribution in [2.45, 2.75) is 31.7 Å². The lowest BCUT2D eigenvalue weighted by Crippen LogP contribution is -2.34. The topological polar surface area (TPSA) is 66.8 Å². The maximum absolute atomic E-state index is 13.2. The van der Waals surface area contributed by atoms with Gasteiger partial charge < -0.3 is 14.7 Å². The van der Waals surface area contributed by atoms with Crippen molar-refractivity contribution in [3.63, 3.8) is 0 Å². The number of ether oxygens (including phenoxy) is 1. The highest BCUT2D eigenvalue weighted by Gasteiger charge is 2.24. The number of halogens is 1. The number of carboxylic acid groups (broad SMARTS) is 1. The molecule has 2 aromatic carbocycles. The Bertz CT molecular complexity index is 795. The van der Waals surface area contributed by atoms with Crippen molar-refractivity contribution in [2.24, 2.45) is 0 Å². The lowest BCUT2D eigenvalue weighted by atomic mass is 9.91. The fraction of sp³-hybridized carbons (Fsp3) is 0.333. The molecule has 2 atom stereocenters. The minimum atomic E-state index is -1.02. The molecule has 5 nitrogen and oxygen atoms in total. The van der Waals surface area contributed by atoms with Crippen molar-refractivity contribution in [1.29, 1.82) is 0 Å². The summed E-state index contributed by atoms with van der Waals surface area (Å²) in [6, 6.07) is 13.3. The maximum atomic E-state index is 13.2. The molecule has 0 saturated carbocycles. The van der Waals surface area contributed by atoms with Crippen LogP contribution in [0, 0.1) is 5.82 Å². The molecular formula is C21H25BFNO4. The van der Waals surface area contributed by atoms with Gasteiger partial charge in [-0.15, -0.1) is 0 Å². The lowest BCUT2D eigenvalue weighted by Gasteiger charge is -2.28. The highest BCUT2D eigenvalue weighted by molar-refractivity contribution is 6.32. The Morgan fingerprint density at radius 2 is 1.68 bits per heavy atom. The van der Waals surface area contributed by atoms with Crippen LogP contribution in [0.5, 0.6) is 0 Å². The summed E-state index contributed by atoms with van der Waals surface area (Å²) in [6.07, 6.45) is -0.499. The van der Waals surface area contributed by atoms with E-state index in [1.807, 2.05) is 39.0 Å². The molecule has 0 aliphatic carbocycles. The minimum absolute atomic E-state index is 0.106. The summed E-state index contributed by atoms with van der Waals surface area (Å²) in [4.78, 5) is 25.0. The van der Waals surface area contributed by atoms with E-state index in [2.05, 4.69) is 0 Å². The van der Waals surface area contributed by atoms with Gasteiger partial charge in [0.1, 0.15) is 13.7 Å². The Kier molecular flexibility index (Phi) is 7.61. The number of hydrogen-bond acceptors (Lipinski definition) is 3. The molecule has 1 amide bonds. The van der Waals surface area contributed by atoms with E-state index in [0.717, 1.165) is 16.6 Å². The van der Waals surface area contributed by atoms with E-state index in [-0.39, 0.29) is 36.7 Å². The first-order valence-electron chi connectivity index (χ1n) is 9.20. The van der Waals surface area contributed by atoms with Crippen molar-refractivity contribution in [3.8, 4) is 0 Å². The highest BCUT2D eigenvalue weighted by atomic mass is 19.1. The molecule has 7 heteroatoms. The van der Waals surface area contributed by atoms with Gasteiger partial charge in [0.25, 0.3) is 0 Å². The molecule has 0 heterocycles. The number of nitrogens with zero attached hydrogens (tertiary/aromatic N) is 1. The van der Waals surface area contributed by atoms with Crippen molar-refractivity contribution < 1.29 is 23.8 Å². The van der Waals surface area contributed by atoms with E-state index in [9.17, 15) is 19.1 Å². The van der Waals surface area contributed by atoms with Crippen LogP contribution >= 0.6 is 0 Å². The van der Waals surface area contributed by atoms with Crippen molar-refractivity contribution >= 4 is 25.4 Å². The molecule has 0 aliphatic rings. The van der Waals surface area contributed by atoms with E-state index in [1.165, 1.54) is 24.1 Å². The van der Waals surface area contributed by atoms with Gasteiger partial charge in [-0.3, -0.25) is 4.79 Å². The number of esters is 1. The second-order valence-corrected chi connectivity index (χ2v) is 6.88. The Morgan fingerprint density at radius 1 is 1.11 bits per heavy atom. The van der Waals surface area contributed by atoms with Gasteiger partial charge in [0.15, 0.2) is 0 Å². The van der Waals surface area contributed by atoms with Gasteiger partial charge in [-0.25, -0.2) is 9.18 Å². The summed E-state index contributed by atoms with van der Waals surface area (Å²) >= 11 is 0. The number of carbonyl (C=O) groups is 2. The van der Waals surface area contributed by atoms with Crippen molar-refractivity contribution in [2.75, 3.05) is 13.7 Å². The third-order valence-electron chi connectivity index (χ3n) is 4.97. The van der Waals surface area contributed by atoms with Crippen LogP contribution in [0.4, 0.5) is 9.18 Å². The van der Waals surface area contributed by atoms with Gasteiger partial charge in [0, 0.05) is 6.54 Å². The number of carbonyl (C=O) groups excluding carboxylic acids is 1. The first kappa shape index (κ1) is 21.5. The normalized spacial score (nSPS) is 12.8. The number of amides is 1. The molecule has 2 aromatic rings. The summed E-state index contributed by atoms with van der Waals surface area (Å²) in [7, 11) is 3.29. The second-order valence-electron chi connectivity index (χ2n) is 6.88. The summed E-state index contributed by atoms with van der Waals surface area (Å²) in [5, 5.41) is 9.69. The largest absolute Gasteiger partial charge is 0.469 e. The van der Waals surface area contributed by atoms with E-state index in [0.29, 0.717) is 6.42 Å². The third-order valence-corrected chi connectivity index (χ3v) is 4.97. The molecule has 0 aliphatic heterocycles. The number of hydrogen-bond donors (Lipinski definition) is 1. The Balaban J connectivity index is 2.16. The summed E-state index contributed by atoms with van der Waals surface area (Å²) in [5.41, 5.74) is 2.78. The highest BCUT2D eigenvalue weighted by Crippen LogP contribution is 2.27. The average molecular weight is 385 g/mol. The van der Waals surface area contributed by atoms with Gasteiger partial charge in [0.05, 0.1) is 19.6 Å². The third kappa shape index (κ3) is 5.84. The van der Waals surface area contributed by atoms with E-state index in [4.69, 9.17) is 4.74 Å². The fourth-order valence-electron chi connectivity index (χ4n) is 3.18. The van der Waals surface area contributed by atoms with Crippen LogP contribution < -0.4 is 5.46 Å². The zero-order valence-electron chi connectivity index (χ0n) is 16.4. The first-order chi connectivity index (χ1) is 13.3. The molecule has 0 saturated heterocycles. The van der Waals surface area contributed by atoms with Gasteiger partial charge in [-0.2, -0.15) is 0 Å². The summed E-state index contributed by atoms with van der Waals surface area (Å²) in [5.74, 6) is -1.01. The smallest absolute Gasteiger partial charge is 0.407 e. The lowest BCUT2D eigenvalue weighted by molar-refractivity contribution is -0.141. The van der Waals surface area contributed by atoms with Gasteiger partial charge >= 0.3 is 12.1 Å². The SMILES string of the molecule is Bc1ccc([C@H](C)N(CC[C@H](CC(=O)OC)c2ccc(F)cc2)C(=O)O)cc1. The quantitative estimate of drug-likeness (QED) is 0.561. The molecule has 0 fully saturated rings. The van der Waals surface area contributed by atoms with Crippen LogP contribution in [0.15, 0.2) is 48.5 Å². The molecule has 1 N–H and O–H groups in total. The number of rotatable bonds is 8. The first-order valence-corrected chi connectivity index (χ1v) is 9.20. The van der Waals surface area contributed by atoms with E-state index < -0.39 is 6.09 Å². The molecule has 0 bridgehead atoms. The van der Waals surface area contributed by atoms with Crippen LogP contribution in [0.1, 0.15) is 42.9 Å². The zero-order chi connectivity index (χ0) is 20.7. The van der Waals surface area contributed by atoms with Crippen LogP contribution in [-0.4, -0.2) is 43.6 Å². The van der Waals surface area contributed by atoms with E-state index >= 15 is 0 Å². The van der Waals surface area contributed by atoms with Crippen LogP contribution in [0.25, 0.3) is 0 Å². The predicted molar refractivity (Wildman–Crippen MR) is 108 cm³/mol. The van der Waals surface area contributed by atoms with Crippen LogP contribution in [-0.2, 0) is 9.53 Å². The standard InChI is InChI=1S/C21H25BFNO4/c1-14(15-3-7-18(22)8-4-15)24(21(26)27)12-11-17(13-20(25)28-2)16-5-9-19(23)10-6-16/h3-10,14,17H,11-13,22H2,1-2H3,(H,26,27)/t14-,17+/m0/s1. The van der Waals surface area contributed by atoms with Gasteiger partial charge in [0.2, 0.25) is 0 Å². The number of methoxy groups -OCH3 is 1. The van der Waals surface area contributed by atoms with Gasteiger partial charge in [-0.05, 0) is 42.5 Å². The van der Waals surface area contributed by atoms with Crippen LogP contribution in [0.2, 0.25) is 0 Å². The molecule has 148 valence electrons. The molecule has 0 unspecified atom stereocenters. The van der Waals surface area contributed by atoms with Crippen molar-refractivity contribution in [3.05, 3.63) is 65.5 Å². The molecular weight excluding hydrogens is 360 g/mol. The summed E-state index contributed by atoms with van der Waals surface area (Å²) in [6.45, 7) is 2.08. The molecule has 2 rings (SSSR count). The number of benzene rings is 2. The Labute approximate surface area is 165 Å². The molecule has 0 spiro atoms. The molecule has 28 heavy (non-hydrogen) atoms. The molecule has 0 aromatic heterocycles. The molecule has 0 radical (unpaired) electrons. The fourth-order valence-corrected chi connectivity index (χ4v) is 3.18. The van der Waals surface area contributed by atoms with Gasteiger partial charge in [-0.1, -0.05) is 41.9 Å². The maximum Gasteiger partial charge on any atom is 0.407 e. The average Bonchev–Trinajstić information content (AvgIpc) is 2.67. The van der Waals surface area contributed by atoms with E-state index in [1.54, 1.807) is 12.1 Å². The Hall–Kier alpha value is -2.83.